The molecular formula is C12H18N2OS. The largest absolute Gasteiger partial charge is 0.376 e. The molecule has 1 saturated heterocycles. The molecule has 1 aromatic rings. The second kappa shape index (κ2) is 3.79. The first-order valence-electron chi connectivity index (χ1n) is 5.99. The Balaban J connectivity index is 1.76. The van der Waals surface area contributed by atoms with Gasteiger partial charge in [0.1, 0.15) is 0 Å². The molecule has 2 aliphatic rings. The molecule has 3 nitrogen and oxygen atoms in total. The fourth-order valence-corrected chi connectivity index (χ4v) is 3.62. The first-order valence-corrected chi connectivity index (χ1v) is 6.81. The Labute approximate surface area is 100 Å². The number of hydrogen-bond acceptors (Lipinski definition) is 4. The number of nitrogens with two attached hydrogens (primary N) is 1. The van der Waals surface area contributed by atoms with Gasteiger partial charge in [0, 0.05) is 29.6 Å². The summed E-state index contributed by atoms with van der Waals surface area (Å²) >= 11 is 1.76. The molecular weight excluding hydrogens is 220 g/mol. The van der Waals surface area contributed by atoms with E-state index in [1.165, 1.54) is 17.7 Å². The van der Waals surface area contributed by atoms with Gasteiger partial charge in [0.05, 0.1) is 11.1 Å². The normalized spacial score (nSPS) is 34.5. The third-order valence-corrected chi connectivity index (χ3v) is 4.57. The molecule has 0 amide bonds. The zero-order valence-electron chi connectivity index (χ0n) is 9.61. The van der Waals surface area contributed by atoms with Gasteiger partial charge in [-0.05, 0) is 32.1 Å². The summed E-state index contributed by atoms with van der Waals surface area (Å²) in [6.45, 7) is 2.87. The lowest BCUT2D eigenvalue weighted by Gasteiger charge is -2.29. The van der Waals surface area contributed by atoms with E-state index in [2.05, 4.69) is 4.98 Å². The Morgan fingerprint density at radius 3 is 3.06 bits per heavy atom. The number of ether oxygens (including phenoxy) is 1. The van der Waals surface area contributed by atoms with Crippen LogP contribution in [0.3, 0.4) is 0 Å². The first kappa shape index (κ1) is 10.7. The Morgan fingerprint density at radius 2 is 2.44 bits per heavy atom. The van der Waals surface area contributed by atoms with Crippen LogP contribution in [0.2, 0.25) is 0 Å². The van der Waals surface area contributed by atoms with E-state index in [9.17, 15) is 0 Å². The smallest absolute Gasteiger partial charge is 0.0896 e. The third kappa shape index (κ3) is 1.90. The lowest BCUT2D eigenvalue weighted by molar-refractivity contribution is 0.0629. The second-order valence-corrected chi connectivity index (χ2v) is 6.45. The maximum Gasteiger partial charge on any atom is 0.0896 e. The molecule has 16 heavy (non-hydrogen) atoms. The highest BCUT2D eigenvalue weighted by Crippen LogP contribution is 2.43. The molecule has 2 heterocycles. The molecule has 2 unspecified atom stereocenters. The van der Waals surface area contributed by atoms with Crippen molar-refractivity contribution in [2.75, 3.05) is 6.61 Å². The Hall–Kier alpha value is -0.450. The number of rotatable bonds is 3. The van der Waals surface area contributed by atoms with Gasteiger partial charge in [0.2, 0.25) is 0 Å². The standard InChI is InChI=1S/C12H18N2OS/c1-8-14-7-10(16-8)6-12(13)4-5-15-11(12)9-2-3-9/h7,9,11H,2-6,13H2,1H3. The van der Waals surface area contributed by atoms with Gasteiger partial charge in [-0.2, -0.15) is 0 Å². The van der Waals surface area contributed by atoms with E-state index in [0.29, 0.717) is 0 Å². The molecule has 0 spiro atoms. The molecule has 88 valence electrons. The minimum atomic E-state index is -0.139. The molecule has 3 rings (SSSR count). The van der Waals surface area contributed by atoms with Gasteiger partial charge in [0.25, 0.3) is 0 Å². The van der Waals surface area contributed by atoms with Crippen LogP contribution in [0.15, 0.2) is 6.20 Å². The fraction of sp³-hybridized carbons (Fsp3) is 0.750. The summed E-state index contributed by atoms with van der Waals surface area (Å²) in [5, 5.41) is 1.13. The quantitative estimate of drug-likeness (QED) is 0.875. The van der Waals surface area contributed by atoms with Crippen LogP contribution >= 0.6 is 11.3 Å². The van der Waals surface area contributed by atoms with Crippen LogP contribution in [0.25, 0.3) is 0 Å². The van der Waals surface area contributed by atoms with Crippen LogP contribution in [0.4, 0.5) is 0 Å². The molecule has 4 heteroatoms. The molecule has 1 aliphatic heterocycles. The van der Waals surface area contributed by atoms with Gasteiger partial charge >= 0.3 is 0 Å². The Bertz CT molecular complexity index is 388. The average molecular weight is 238 g/mol. The van der Waals surface area contributed by atoms with Crippen molar-refractivity contribution >= 4 is 11.3 Å². The van der Waals surface area contributed by atoms with E-state index in [4.69, 9.17) is 10.5 Å². The Kier molecular flexibility index (Phi) is 2.53. The fourth-order valence-electron chi connectivity index (χ4n) is 2.69. The second-order valence-electron chi connectivity index (χ2n) is 5.13. The molecule has 1 aromatic heterocycles. The number of aryl methyl sites for hydroxylation is 1. The summed E-state index contributed by atoms with van der Waals surface area (Å²) in [6.07, 6.45) is 6.77. The molecule has 1 saturated carbocycles. The van der Waals surface area contributed by atoms with Gasteiger partial charge < -0.3 is 10.5 Å². The minimum Gasteiger partial charge on any atom is -0.376 e. The first-order chi connectivity index (χ1) is 7.67. The predicted octanol–water partition coefficient (Wildman–Crippen LogP) is 1.89. The lowest BCUT2D eigenvalue weighted by Crippen LogP contribution is -2.50. The van der Waals surface area contributed by atoms with Gasteiger partial charge in [0.15, 0.2) is 0 Å². The highest BCUT2D eigenvalue weighted by atomic mass is 32.1. The Morgan fingerprint density at radius 1 is 1.62 bits per heavy atom. The van der Waals surface area contributed by atoms with Crippen molar-refractivity contribution in [1.82, 2.24) is 4.98 Å². The summed E-state index contributed by atoms with van der Waals surface area (Å²) in [7, 11) is 0. The summed E-state index contributed by atoms with van der Waals surface area (Å²) in [4.78, 5) is 5.60. The van der Waals surface area contributed by atoms with Crippen molar-refractivity contribution in [3.8, 4) is 0 Å². The van der Waals surface area contributed by atoms with E-state index in [0.717, 1.165) is 30.4 Å². The number of thiazole rings is 1. The topological polar surface area (TPSA) is 48.1 Å². The van der Waals surface area contributed by atoms with Gasteiger partial charge in [-0.15, -0.1) is 11.3 Å². The van der Waals surface area contributed by atoms with Crippen molar-refractivity contribution in [1.29, 1.82) is 0 Å². The SMILES string of the molecule is Cc1ncc(CC2(N)CCOC2C2CC2)s1. The zero-order chi connectivity index (χ0) is 11.2. The maximum absolute atomic E-state index is 6.54. The average Bonchev–Trinajstić information content (AvgIpc) is 2.89. The van der Waals surface area contributed by atoms with Crippen LogP contribution in [0.5, 0.6) is 0 Å². The number of aromatic nitrogens is 1. The van der Waals surface area contributed by atoms with Crippen LogP contribution < -0.4 is 5.73 Å². The molecule has 0 aromatic carbocycles. The van der Waals surface area contributed by atoms with E-state index >= 15 is 0 Å². The van der Waals surface area contributed by atoms with Gasteiger partial charge in [-0.1, -0.05) is 0 Å². The van der Waals surface area contributed by atoms with E-state index in [1.54, 1.807) is 11.3 Å². The molecule has 2 atom stereocenters. The predicted molar refractivity (Wildman–Crippen MR) is 64.6 cm³/mol. The van der Waals surface area contributed by atoms with Crippen molar-refractivity contribution in [2.24, 2.45) is 11.7 Å². The van der Waals surface area contributed by atoms with Crippen molar-refractivity contribution in [2.45, 2.75) is 44.2 Å². The van der Waals surface area contributed by atoms with Crippen LogP contribution in [-0.4, -0.2) is 23.2 Å². The van der Waals surface area contributed by atoms with Crippen LogP contribution in [-0.2, 0) is 11.2 Å². The molecule has 0 bridgehead atoms. The van der Waals surface area contributed by atoms with E-state index in [-0.39, 0.29) is 11.6 Å². The van der Waals surface area contributed by atoms with Crippen molar-refractivity contribution in [3.05, 3.63) is 16.1 Å². The number of hydrogen-bond donors (Lipinski definition) is 1. The number of nitrogens with zero attached hydrogens (tertiary/aromatic N) is 1. The summed E-state index contributed by atoms with van der Waals surface area (Å²) in [5.74, 6) is 0.724. The summed E-state index contributed by atoms with van der Waals surface area (Å²) in [6, 6.07) is 0. The zero-order valence-corrected chi connectivity index (χ0v) is 10.4. The van der Waals surface area contributed by atoms with E-state index < -0.39 is 0 Å². The maximum atomic E-state index is 6.54. The summed E-state index contributed by atoms with van der Waals surface area (Å²) in [5.41, 5.74) is 6.40. The van der Waals surface area contributed by atoms with Crippen LogP contribution in [0.1, 0.15) is 29.1 Å². The van der Waals surface area contributed by atoms with Crippen molar-refractivity contribution < 1.29 is 4.74 Å². The molecule has 0 radical (unpaired) electrons. The van der Waals surface area contributed by atoms with Crippen LogP contribution in [0, 0.1) is 12.8 Å². The third-order valence-electron chi connectivity index (χ3n) is 3.65. The summed E-state index contributed by atoms with van der Waals surface area (Å²) < 4.78 is 5.83. The highest BCUT2D eigenvalue weighted by molar-refractivity contribution is 7.11. The lowest BCUT2D eigenvalue weighted by atomic mass is 9.86. The minimum absolute atomic E-state index is 0.139. The molecule has 1 aliphatic carbocycles. The van der Waals surface area contributed by atoms with Gasteiger partial charge in [-0.25, -0.2) is 4.98 Å². The monoisotopic (exact) mass is 238 g/mol. The molecule has 2 fully saturated rings. The molecule has 2 N–H and O–H groups in total. The van der Waals surface area contributed by atoms with Gasteiger partial charge in [-0.3, -0.25) is 0 Å². The van der Waals surface area contributed by atoms with E-state index in [1.807, 2.05) is 13.1 Å². The van der Waals surface area contributed by atoms with Crippen molar-refractivity contribution in [3.63, 3.8) is 0 Å². The highest BCUT2D eigenvalue weighted by Gasteiger charge is 2.48.